The van der Waals surface area contributed by atoms with Crippen LogP contribution in [-0.4, -0.2) is 61.9 Å². The van der Waals surface area contributed by atoms with E-state index < -0.39 is 0 Å². The van der Waals surface area contributed by atoms with Crippen LogP contribution in [0.5, 0.6) is 0 Å². The van der Waals surface area contributed by atoms with Crippen LogP contribution in [0.1, 0.15) is 16.3 Å². The largest absolute Gasteiger partial charge is 0.355 e. The Morgan fingerprint density at radius 3 is 2.67 bits per heavy atom. The molecular weight excluding hydrogens is 402 g/mol. The molecule has 9 nitrogen and oxygen atoms in total. The number of nitrogens with zero attached hydrogens (tertiary/aromatic N) is 7. The number of thiophene rings is 1. The van der Waals surface area contributed by atoms with Gasteiger partial charge in [0.05, 0.1) is 4.88 Å². The van der Waals surface area contributed by atoms with Gasteiger partial charge in [0, 0.05) is 50.7 Å². The lowest BCUT2D eigenvalue weighted by atomic mass is 10.2. The van der Waals surface area contributed by atoms with Gasteiger partial charge in [-0.25, -0.2) is 14.6 Å². The number of carbonyl (C=O) groups excluding carboxylic acids is 1. The maximum Gasteiger partial charge on any atom is 0.276 e. The zero-order chi connectivity index (χ0) is 20.5. The minimum absolute atomic E-state index is 0.114. The lowest BCUT2D eigenvalue weighted by molar-refractivity contribution is 0.0736. The number of aryl methyl sites for hydroxylation is 1. The number of aromatic nitrogens is 5. The molecule has 0 N–H and O–H groups in total. The Morgan fingerprint density at radius 1 is 1.10 bits per heavy atom. The van der Waals surface area contributed by atoms with Gasteiger partial charge in [-0.05, 0) is 24.4 Å². The third-order valence-electron chi connectivity index (χ3n) is 4.93. The summed E-state index contributed by atoms with van der Waals surface area (Å²) in [5.41, 5.74) is 0.339. The fourth-order valence-electron chi connectivity index (χ4n) is 3.43. The van der Waals surface area contributed by atoms with E-state index in [0.29, 0.717) is 43.5 Å². The molecule has 0 atom stereocenters. The first kappa shape index (κ1) is 18.5. The van der Waals surface area contributed by atoms with E-state index in [-0.39, 0.29) is 5.91 Å². The molecule has 1 amide bonds. The van der Waals surface area contributed by atoms with Crippen molar-refractivity contribution in [3.05, 3.63) is 59.6 Å². The normalized spacial score (nSPS) is 14.3. The summed E-state index contributed by atoms with van der Waals surface area (Å²) < 4.78 is 7.07. The molecule has 5 heterocycles. The Balaban J connectivity index is 1.27. The molecule has 30 heavy (non-hydrogen) atoms. The molecule has 0 radical (unpaired) electrons. The van der Waals surface area contributed by atoms with E-state index in [2.05, 4.69) is 25.1 Å². The van der Waals surface area contributed by atoms with Crippen molar-refractivity contribution in [1.29, 1.82) is 0 Å². The second kappa shape index (κ2) is 7.71. The van der Waals surface area contributed by atoms with Crippen molar-refractivity contribution in [3.63, 3.8) is 0 Å². The van der Waals surface area contributed by atoms with Gasteiger partial charge in [0.1, 0.15) is 11.6 Å². The molecule has 0 unspecified atom stereocenters. The number of anilines is 1. The van der Waals surface area contributed by atoms with Gasteiger partial charge in [-0.1, -0.05) is 11.2 Å². The molecule has 1 aliphatic heterocycles. The SMILES string of the molecule is Cc1nc(N2CCN(C(=O)c3cc(-c4cccs4)on3)CC2)cc(-n2cccn2)n1. The van der Waals surface area contributed by atoms with Crippen molar-refractivity contribution in [2.75, 3.05) is 31.1 Å². The van der Waals surface area contributed by atoms with Crippen LogP contribution >= 0.6 is 11.3 Å². The average molecular weight is 421 g/mol. The summed E-state index contributed by atoms with van der Waals surface area (Å²) in [6.07, 6.45) is 3.57. The number of hydrogen-bond donors (Lipinski definition) is 0. The first-order valence-corrected chi connectivity index (χ1v) is 10.5. The molecule has 1 saturated heterocycles. The highest BCUT2D eigenvalue weighted by atomic mass is 32.1. The molecule has 0 spiro atoms. The zero-order valence-corrected chi connectivity index (χ0v) is 17.1. The number of piperazine rings is 1. The minimum atomic E-state index is -0.114. The monoisotopic (exact) mass is 421 g/mol. The van der Waals surface area contributed by atoms with E-state index in [1.54, 1.807) is 33.2 Å². The van der Waals surface area contributed by atoms with E-state index in [1.165, 1.54) is 0 Å². The quantitative estimate of drug-likeness (QED) is 0.500. The summed E-state index contributed by atoms with van der Waals surface area (Å²) in [6, 6.07) is 9.37. The van der Waals surface area contributed by atoms with Gasteiger partial charge in [0.25, 0.3) is 5.91 Å². The second-order valence-corrected chi connectivity index (χ2v) is 7.86. The second-order valence-electron chi connectivity index (χ2n) is 6.92. The summed E-state index contributed by atoms with van der Waals surface area (Å²) >= 11 is 1.55. The van der Waals surface area contributed by atoms with E-state index in [0.717, 1.165) is 16.5 Å². The third-order valence-corrected chi connectivity index (χ3v) is 5.82. The highest BCUT2D eigenvalue weighted by Crippen LogP contribution is 2.26. The first-order chi connectivity index (χ1) is 14.7. The van der Waals surface area contributed by atoms with Crippen LogP contribution in [0.25, 0.3) is 16.5 Å². The summed E-state index contributed by atoms with van der Waals surface area (Å²) in [7, 11) is 0. The molecule has 5 rings (SSSR count). The van der Waals surface area contributed by atoms with Crippen molar-refractivity contribution in [1.82, 2.24) is 29.8 Å². The molecule has 4 aromatic rings. The highest BCUT2D eigenvalue weighted by Gasteiger charge is 2.26. The van der Waals surface area contributed by atoms with Crippen LogP contribution < -0.4 is 4.90 Å². The Kier molecular flexibility index (Phi) is 4.75. The molecule has 152 valence electrons. The Bertz CT molecular complexity index is 1150. The number of amides is 1. The molecule has 0 bridgehead atoms. The van der Waals surface area contributed by atoms with Crippen molar-refractivity contribution in [2.45, 2.75) is 6.92 Å². The Labute approximate surface area is 176 Å². The maximum atomic E-state index is 12.8. The summed E-state index contributed by atoms with van der Waals surface area (Å²) in [4.78, 5) is 26.8. The number of carbonyl (C=O) groups is 1. The van der Waals surface area contributed by atoms with Gasteiger partial charge in [0.15, 0.2) is 17.3 Å². The van der Waals surface area contributed by atoms with E-state index >= 15 is 0 Å². The fourth-order valence-corrected chi connectivity index (χ4v) is 4.11. The van der Waals surface area contributed by atoms with Gasteiger partial charge in [-0.15, -0.1) is 11.3 Å². The minimum Gasteiger partial charge on any atom is -0.355 e. The van der Waals surface area contributed by atoms with Crippen LogP contribution in [0.2, 0.25) is 0 Å². The zero-order valence-electron chi connectivity index (χ0n) is 16.3. The van der Waals surface area contributed by atoms with Crippen LogP contribution in [0.3, 0.4) is 0 Å². The van der Waals surface area contributed by atoms with Crippen molar-refractivity contribution < 1.29 is 9.32 Å². The summed E-state index contributed by atoms with van der Waals surface area (Å²) in [5.74, 6) is 2.75. The molecule has 0 aromatic carbocycles. The molecule has 0 aliphatic carbocycles. The summed E-state index contributed by atoms with van der Waals surface area (Å²) in [5, 5.41) is 10.2. The molecule has 1 aliphatic rings. The average Bonchev–Trinajstić information content (AvgIpc) is 3.55. The molecule has 0 saturated carbocycles. The standard InChI is InChI=1S/C20H19N7O2S/c1-14-22-18(13-19(23-14)27-6-3-5-21-27)25-7-9-26(10-8-25)20(28)15-12-16(29-24-15)17-4-2-11-30-17/h2-6,11-13H,7-10H2,1H3. The smallest absolute Gasteiger partial charge is 0.276 e. The fraction of sp³-hybridized carbons (Fsp3) is 0.250. The predicted molar refractivity (Wildman–Crippen MR) is 112 cm³/mol. The van der Waals surface area contributed by atoms with E-state index in [4.69, 9.17) is 4.52 Å². The van der Waals surface area contributed by atoms with Crippen LogP contribution in [0, 0.1) is 6.92 Å². The van der Waals surface area contributed by atoms with Crippen molar-refractivity contribution in [3.8, 4) is 16.5 Å². The van der Waals surface area contributed by atoms with Crippen LogP contribution in [-0.2, 0) is 0 Å². The highest BCUT2D eigenvalue weighted by molar-refractivity contribution is 7.13. The van der Waals surface area contributed by atoms with E-state index in [9.17, 15) is 4.79 Å². The van der Waals surface area contributed by atoms with Crippen LogP contribution in [0.15, 0.2) is 52.6 Å². The topological polar surface area (TPSA) is 93.2 Å². The molecular formula is C20H19N7O2S. The molecule has 1 fully saturated rings. The Hall–Kier alpha value is -3.53. The van der Waals surface area contributed by atoms with Crippen molar-refractivity contribution >= 4 is 23.1 Å². The van der Waals surface area contributed by atoms with Gasteiger partial charge < -0.3 is 14.3 Å². The molecule has 10 heteroatoms. The predicted octanol–water partition coefficient (Wildman–Crippen LogP) is 2.65. The van der Waals surface area contributed by atoms with Gasteiger partial charge >= 0.3 is 0 Å². The lowest BCUT2D eigenvalue weighted by Gasteiger charge is -2.35. The maximum absolute atomic E-state index is 12.8. The lowest BCUT2D eigenvalue weighted by Crippen LogP contribution is -2.49. The van der Waals surface area contributed by atoms with Gasteiger partial charge in [0.2, 0.25) is 0 Å². The Morgan fingerprint density at radius 2 is 1.93 bits per heavy atom. The third kappa shape index (κ3) is 3.57. The van der Waals surface area contributed by atoms with Crippen LogP contribution in [0.4, 0.5) is 5.82 Å². The first-order valence-electron chi connectivity index (χ1n) is 9.58. The van der Waals surface area contributed by atoms with Gasteiger partial charge in [-0.3, -0.25) is 4.79 Å². The molecule has 4 aromatic heterocycles. The number of hydrogen-bond acceptors (Lipinski definition) is 8. The van der Waals surface area contributed by atoms with Crippen molar-refractivity contribution in [2.24, 2.45) is 0 Å². The number of rotatable bonds is 4. The summed E-state index contributed by atoms with van der Waals surface area (Å²) in [6.45, 7) is 4.39. The van der Waals surface area contributed by atoms with E-state index in [1.807, 2.05) is 42.8 Å². The van der Waals surface area contributed by atoms with Gasteiger partial charge in [-0.2, -0.15) is 5.10 Å².